The van der Waals surface area contributed by atoms with E-state index in [1.165, 1.54) is 6.07 Å². The Morgan fingerprint density at radius 3 is 2.65 bits per heavy atom. The van der Waals surface area contributed by atoms with E-state index in [1.807, 2.05) is 22.6 Å². The zero-order chi connectivity index (χ0) is 15.3. The molecule has 0 saturated heterocycles. The summed E-state index contributed by atoms with van der Waals surface area (Å²) in [4.78, 5) is 15.1. The van der Waals surface area contributed by atoms with Crippen molar-refractivity contribution in [2.24, 2.45) is 0 Å². The lowest BCUT2D eigenvalue weighted by Crippen LogP contribution is -2.20. The number of nitrogens with zero attached hydrogens (tertiary/aromatic N) is 1. The fourth-order valence-electron chi connectivity index (χ4n) is 1.33. The molecule has 1 aromatic heterocycles. The molecule has 0 atom stereocenters. The largest absolute Gasteiger partial charge is 0.574 e. The molecule has 0 aromatic carbocycles. The maximum absolute atomic E-state index is 12.3. The van der Waals surface area contributed by atoms with Gasteiger partial charge in [-0.1, -0.05) is 15.9 Å². The van der Waals surface area contributed by atoms with Gasteiger partial charge in [0.2, 0.25) is 5.88 Å². The molecule has 9 heteroatoms. The van der Waals surface area contributed by atoms with Crippen molar-refractivity contribution in [2.45, 2.75) is 25.0 Å². The number of carbonyl (C=O) groups is 1. The minimum atomic E-state index is -4.84. The van der Waals surface area contributed by atoms with Gasteiger partial charge in [0.15, 0.2) is 0 Å². The Kier molecular flexibility index (Phi) is 6.49. The van der Waals surface area contributed by atoms with Crippen LogP contribution in [0.2, 0.25) is 0 Å². The normalized spacial score (nSPS) is 11.3. The molecule has 20 heavy (non-hydrogen) atoms. The van der Waals surface area contributed by atoms with Gasteiger partial charge in [-0.15, -0.1) is 13.2 Å². The predicted octanol–water partition coefficient (Wildman–Crippen LogP) is 3.59. The van der Waals surface area contributed by atoms with Crippen molar-refractivity contribution in [2.75, 3.05) is 6.61 Å². The summed E-state index contributed by atoms with van der Waals surface area (Å²) in [6, 6.07) is 1.53. The Morgan fingerprint density at radius 1 is 1.50 bits per heavy atom. The predicted molar refractivity (Wildman–Crippen MR) is 76.6 cm³/mol. The highest BCUT2D eigenvalue weighted by Gasteiger charge is 2.33. The first kappa shape index (κ1) is 17.5. The third-order valence-electron chi connectivity index (χ3n) is 2.06. The van der Waals surface area contributed by atoms with E-state index in [4.69, 9.17) is 4.74 Å². The van der Waals surface area contributed by atoms with Gasteiger partial charge in [0.25, 0.3) is 0 Å². The smallest absolute Gasteiger partial charge is 0.466 e. The van der Waals surface area contributed by atoms with Crippen molar-refractivity contribution in [3.8, 4) is 5.88 Å². The van der Waals surface area contributed by atoms with Crippen LogP contribution in [0.1, 0.15) is 18.2 Å². The van der Waals surface area contributed by atoms with Gasteiger partial charge >= 0.3 is 12.3 Å². The number of aromatic nitrogens is 1. The van der Waals surface area contributed by atoms with Crippen LogP contribution in [0.3, 0.4) is 0 Å². The van der Waals surface area contributed by atoms with E-state index in [0.717, 1.165) is 0 Å². The van der Waals surface area contributed by atoms with Crippen molar-refractivity contribution in [3.05, 3.63) is 20.9 Å². The maximum Gasteiger partial charge on any atom is 0.574 e. The van der Waals surface area contributed by atoms with E-state index in [-0.39, 0.29) is 29.6 Å². The molecule has 0 saturated carbocycles. The van der Waals surface area contributed by atoms with E-state index in [2.05, 4.69) is 25.7 Å². The minimum Gasteiger partial charge on any atom is -0.466 e. The average molecular weight is 468 g/mol. The van der Waals surface area contributed by atoms with Crippen LogP contribution >= 0.6 is 38.5 Å². The highest BCUT2D eigenvalue weighted by molar-refractivity contribution is 14.1. The van der Waals surface area contributed by atoms with Gasteiger partial charge in [-0.2, -0.15) is 0 Å². The Bertz CT molecular complexity index is 497. The third-order valence-corrected chi connectivity index (χ3v) is 3.58. The molecule has 0 spiro atoms. The summed E-state index contributed by atoms with van der Waals surface area (Å²) in [5.74, 6) is -1.11. The molecule has 0 unspecified atom stereocenters. The second-order valence-electron chi connectivity index (χ2n) is 3.54. The SMILES string of the molecule is CCOC(=O)Cc1cc(I)c(CBr)c(OC(F)(F)F)n1. The molecule has 112 valence electrons. The van der Waals surface area contributed by atoms with Crippen LogP contribution in [0.5, 0.6) is 5.88 Å². The second-order valence-corrected chi connectivity index (χ2v) is 5.27. The van der Waals surface area contributed by atoms with Gasteiger partial charge in [-0.05, 0) is 35.6 Å². The third kappa shape index (κ3) is 5.43. The lowest BCUT2D eigenvalue weighted by Gasteiger charge is -2.13. The molecule has 0 N–H and O–H groups in total. The maximum atomic E-state index is 12.3. The van der Waals surface area contributed by atoms with Crippen molar-refractivity contribution >= 4 is 44.5 Å². The highest BCUT2D eigenvalue weighted by atomic mass is 127. The summed E-state index contributed by atoms with van der Waals surface area (Å²) >= 11 is 4.95. The molecule has 0 radical (unpaired) electrons. The minimum absolute atomic E-state index is 0.156. The first-order chi connectivity index (χ1) is 9.26. The van der Waals surface area contributed by atoms with Gasteiger partial charge in [0.05, 0.1) is 18.7 Å². The first-order valence-corrected chi connectivity index (χ1v) is 7.62. The number of alkyl halides is 4. The van der Waals surface area contributed by atoms with E-state index in [1.54, 1.807) is 6.92 Å². The van der Waals surface area contributed by atoms with Gasteiger partial charge in [-0.3, -0.25) is 4.79 Å². The molecule has 4 nitrogen and oxygen atoms in total. The molecule has 0 aliphatic heterocycles. The van der Waals surface area contributed by atoms with E-state index in [9.17, 15) is 18.0 Å². The van der Waals surface area contributed by atoms with Crippen molar-refractivity contribution in [1.82, 2.24) is 4.98 Å². The Labute approximate surface area is 135 Å². The van der Waals surface area contributed by atoms with Crippen molar-refractivity contribution in [1.29, 1.82) is 0 Å². The summed E-state index contributed by atoms with van der Waals surface area (Å²) < 4.78 is 46.1. The van der Waals surface area contributed by atoms with E-state index in [0.29, 0.717) is 3.57 Å². The fraction of sp³-hybridized carbons (Fsp3) is 0.455. The lowest BCUT2D eigenvalue weighted by molar-refractivity contribution is -0.276. The van der Waals surface area contributed by atoms with Gasteiger partial charge < -0.3 is 9.47 Å². The molecule has 1 aromatic rings. The van der Waals surface area contributed by atoms with Gasteiger partial charge in [-0.25, -0.2) is 4.98 Å². The zero-order valence-electron chi connectivity index (χ0n) is 10.3. The van der Waals surface area contributed by atoms with E-state index < -0.39 is 18.2 Å². The molecular formula is C11H10BrF3INO3. The van der Waals surface area contributed by atoms with Crippen molar-refractivity contribution < 1.29 is 27.4 Å². The molecule has 0 amide bonds. The van der Waals surface area contributed by atoms with E-state index >= 15 is 0 Å². The van der Waals surface area contributed by atoms with Crippen LogP contribution in [-0.4, -0.2) is 23.9 Å². The molecule has 1 heterocycles. The molecule has 0 aliphatic rings. The summed E-state index contributed by atoms with van der Waals surface area (Å²) in [5, 5.41) is 0.156. The van der Waals surface area contributed by atoms with Crippen LogP contribution in [0.4, 0.5) is 13.2 Å². The summed E-state index contributed by atoms with van der Waals surface area (Å²) in [5.41, 5.74) is 0.437. The number of pyridine rings is 1. The zero-order valence-corrected chi connectivity index (χ0v) is 14.0. The van der Waals surface area contributed by atoms with Crippen LogP contribution in [0.25, 0.3) is 0 Å². The fourth-order valence-corrected chi connectivity index (χ4v) is 3.18. The summed E-state index contributed by atoms with van der Waals surface area (Å²) in [6.45, 7) is 1.84. The monoisotopic (exact) mass is 467 g/mol. The van der Waals surface area contributed by atoms with Crippen LogP contribution in [0.15, 0.2) is 6.07 Å². The van der Waals surface area contributed by atoms with Crippen LogP contribution in [-0.2, 0) is 21.3 Å². The number of hydrogen-bond acceptors (Lipinski definition) is 4. The summed E-state index contributed by atoms with van der Waals surface area (Å²) in [7, 11) is 0. The number of rotatable bonds is 5. The Morgan fingerprint density at radius 2 is 2.15 bits per heavy atom. The second kappa shape index (κ2) is 7.43. The number of carbonyl (C=O) groups excluding carboxylic acids is 1. The number of ether oxygens (including phenoxy) is 2. The standard InChI is InChI=1S/C11H10BrF3INO3/c1-2-19-9(18)4-6-3-8(16)7(5-12)10(17-6)20-11(13,14)15/h3H,2,4-5H2,1H3. The van der Waals surface area contributed by atoms with Crippen molar-refractivity contribution in [3.63, 3.8) is 0 Å². The quantitative estimate of drug-likeness (QED) is 0.377. The molecule has 1 rings (SSSR count). The molecule has 0 fully saturated rings. The summed E-state index contributed by atoms with van der Waals surface area (Å²) in [6.07, 6.45) is -5.05. The topological polar surface area (TPSA) is 48.4 Å². The highest BCUT2D eigenvalue weighted by Crippen LogP contribution is 2.30. The Balaban J connectivity index is 3.07. The molecule has 0 aliphatic carbocycles. The van der Waals surface area contributed by atoms with Crippen LogP contribution < -0.4 is 4.74 Å². The number of esters is 1. The lowest BCUT2D eigenvalue weighted by atomic mass is 10.2. The molecule has 0 bridgehead atoms. The number of halogens is 5. The average Bonchev–Trinajstić information content (AvgIpc) is 2.26. The van der Waals surface area contributed by atoms with Gasteiger partial charge in [0.1, 0.15) is 0 Å². The first-order valence-electron chi connectivity index (χ1n) is 5.42. The Hall–Kier alpha value is -0.580. The molecular weight excluding hydrogens is 458 g/mol. The van der Waals surface area contributed by atoms with Crippen LogP contribution in [0, 0.1) is 3.57 Å². The number of hydrogen-bond donors (Lipinski definition) is 0. The van der Waals surface area contributed by atoms with Gasteiger partial charge in [0, 0.05) is 14.5 Å².